The predicted octanol–water partition coefficient (Wildman–Crippen LogP) is 2.59. The predicted molar refractivity (Wildman–Crippen MR) is 71.4 cm³/mol. The smallest absolute Gasteiger partial charge is 0.289 e. The van der Waals surface area contributed by atoms with Gasteiger partial charge in [-0.3, -0.25) is 0 Å². The van der Waals surface area contributed by atoms with E-state index in [1.165, 1.54) is 24.7 Å². The van der Waals surface area contributed by atoms with Gasteiger partial charge >= 0.3 is 0 Å². The number of halogens is 1. The Morgan fingerprint density at radius 1 is 1.15 bits per heavy atom. The zero-order chi connectivity index (χ0) is 13.9. The number of hydrogen-bond acceptors (Lipinski definition) is 3. The van der Waals surface area contributed by atoms with Gasteiger partial charge in [0.05, 0.1) is 5.39 Å². The van der Waals surface area contributed by atoms with Crippen molar-refractivity contribution >= 4 is 10.9 Å². The Bertz CT molecular complexity index is 744. The molecule has 3 rings (SSSR count). The highest BCUT2D eigenvalue weighted by Crippen LogP contribution is 2.19. The van der Waals surface area contributed by atoms with Crippen LogP contribution in [-0.4, -0.2) is 4.98 Å². The van der Waals surface area contributed by atoms with Crippen LogP contribution in [0, 0.1) is 11.0 Å². The topological polar surface area (TPSA) is 49.1 Å². The lowest BCUT2D eigenvalue weighted by Crippen LogP contribution is -2.24. The van der Waals surface area contributed by atoms with E-state index in [9.17, 15) is 9.60 Å². The molecule has 0 N–H and O–H groups in total. The van der Waals surface area contributed by atoms with E-state index in [1.807, 2.05) is 0 Å². The second kappa shape index (κ2) is 5.13. The van der Waals surface area contributed by atoms with E-state index in [0.29, 0.717) is 22.6 Å². The quantitative estimate of drug-likeness (QED) is 0.543. The van der Waals surface area contributed by atoms with Crippen LogP contribution in [0.1, 0.15) is 5.56 Å². The molecule has 3 aromatic rings. The van der Waals surface area contributed by atoms with Crippen molar-refractivity contribution in [1.29, 1.82) is 0 Å². The van der Waals surface area contributed by atoms with Crippen LogP contribution in [0.3, 0.4) is 0 Å². The molecule has 0 bridgehead atoms. The zero-order valence-electron chi connectivity index (χ0n) is 10.5. The average molecular weight is 270 g/mol. The summed E-state index contributed by atoms with van der Waals surface area (Å²) in [6.45, 7) is 0.347. The van der Waals surface area contributed by atoms with Crippen molar-refractivity contribution in [3.8, 4) is 5.75 Å². The minimum Gasteiger partial charge on any atom is -0.711 e. The van der Waals surface area contributed by atoms with Crippen LogP contribution in [0.5, 0.6) is 5.75 Å². The van der Waals surface area contributed by atoms with Crippen LogP contribution in [-0.2, 0) is 6.61 Å². The summed E-state index contributed by atoms with van der Waals surface area (Å²) in [6.07, 6.45) is 2.65. The maximum absolute atomic E-state index is 12.8. The standard InChI is InChI=1S/C15H11FN2O2/c16-13-4-1-11(2-5-13)9-20-14-6-3-12-8-18(19)10-17-15(12)7-14/h1-8,10H,9H2. The van der Waals surface area contributed by atoms with E-state index in [-0.39, 0.29) is 5.82 Å². The molecule has 0 unspecified atom stereocenters. The highest BCUT2D eigenvalue weighted by atomic mass is 19.1. The van der Waals surface area contributed by atoms with E-state index in [0.717, 1.165) is 10.9 Å². The monoisotopic (exact) mass is 270 g/mol. The molecule has 5 heteroatoms. The lowest BCUT2D eigenvalue weighted by Gasteiger charge is -2.06. The molecule has 20 heavy (non-hydrogen) atoms. The average Bonchev–Trinajstić information content (AvgIpc) is 2.46. The number of nitrogens with zero attached hydrogens (tertiary/aromatic N) is 2. The summed E-state index contributed by atoms with van der Waals surface area (Å²) in [7, 11) is 0. The summed E-state index contributed by atoms with van der Waals surface area (Å²) in [5.41, 5.74) is 1.57. The maximum atomic E-state index is 12.8. The summed E-state index contributed by atoms with van der Waals surface area (Å²) < 4.78 is 19.1. The number of benzene rings is 2. The highest BCUT2D eigenvalue weighted by molar-refractivity contribution is 5.78. The van der Waals surface area contributed by atoms with Gasteiger partial charge in [0.25, 0.3) is 6.33 Å². The first kappa shape index (κ1) is 12.3. The minimum atomic E-state index is -0.269. The summed E-state index contributed by atoms with van der Waals surface area (Å²) in [5, 5.41) is 11.8. The number of ether oxygens (including phenoxy) is 1. The number of aromatic nitrogens is 2. The number of hydrogen-bond donors (Lipinski definition) is 0. The first-order chi connectivity index (χ1) is 9.70. The van der Waals surface area contributed by atoms with E-state index >= 15 is 0 Å². The van der Waals surface area contributed by atoms with Crippen molar-refractivity contribution in [2.75, 3.05) is 0 Å². The fraction of sp³-hybridized carbons (Fsp3) is 0.0667. The normalized spacial score (nSPS) is 10.7. The van der Waals surface area contributed by atoms with Gasteiger partial charge in [-0.1, -0.05) is 12.1 Å². The molecular formula is C15H11FN2O2. The van der Waals surface area contributed by atoms with Gasteiger partial charge < -0.3 is 9.94 Å². The van der Waals surface area contributed by atoms with Crippen LogP contribution < -0.4 is 9.47 Å². The van der Waals surface area contributed by atoms with Gasteiger partial charge in [0.15, 0.2) is 5.52 Å². The molecule has 0 aliphatic carbocycles. The van der Waals surface area contributed by atoms with Crippen LogP contribution in [0.25, 0.3) is 10.9 Å². The maximum Gasteiger partial charge on any atom is 0.289 e. The van der Waals surface area contributed by atoms with Crippen molar-refractivity contribution in [2.24, 2.45) is 0 Å². The number of rotatable bonds is 3. The molecule has 0 fully saturated rings. The Labute approximate surface area is 114 Å². The van der Waals surface area contributed by atoms with Crippen molar-refractivity contribution in [3.63, 3.8) is 0 Å². The molecule has 0 aliphatic heterocycles. The van der Waals surface area contributed by atoms with Gasteiger partial charge in [-0.2, -0.15) is 0 Å². The van der Waals surface area contributed by atoms with Crippen LogP contribution in [0.4, 0.5) is 4.39 Å². The van der Waals surface area contributed by atoms with Crippen LogP contribution in [0.2, 0.25) is 0 Å². The molecular weight excluding hydrogens is 259 g/mol. The van der Waals surface area contributed by atoms with E-state index in [1.54, 1.807) is 30.3 Å². The Balaban J connectivity index is 1.77. The SMILES string of the molecule is [O-][n+]1cnc2cc(OCc3ccc(F)cc3)ccc2c1. The zero-order valence-corrected chi connectivity index (χ0v) is 10.5. The third kappa shape index (κ3) is 2.66. The van der Waals surface area contributed by atoms with E-state index in [4.69, 9.17) is 4.74 Å². The first-order valence-corrected chi connectivity index (χ1v) is 6.06. The Kier molecular flexibility index (Phi) is 3.16. The summed E-state index contributed by atoms with van der Waals surface area (Å²) in [5.74, 6) is 0.382. The molecule has 2 aromatic carbocycles. The third-order valence-corrected chi connectivity index (χ3v) is 2.90. The molecule has 0 aliphatic rings. The Morgan fingerprint density at radius 3 is 2.75 bits per heavy atom. The molecule has 4 nitrogen and oxygen atoms in total. The van der Waals surface area contributed by atoms with Crippen molar-refractivity contribution in [3.05, 3.63) is 71.6 Å². The highest BCUT2D eigenvalue weighted by Gasteiger charge is 2.04. The minimum absolute atomic E-state index is 0.269. The van der Waals surface area contributed by atoms with E-state index < -0.39 is 0 Å². The Hall–Kier alpha value is -2.69. The van der Waals surface area contributed by atoms with E-state index in [2.05, 4.69) is 4.98 Å². The molecule has 0 radical (unpaired) electrons. The lowest BCUT2D eigenvalue weighted by molar-refractivity contribution is -0.607. The van der Waals surface area contributed by atoms with Gasteiger partial charge in [0.1, 0.15) is 24.4 Å². The summed E-state index contributed by atoms with van der Waals surface area (Å²) in [4.78, 5) is 4.03. The molecule has 0 saturated heterocycles. The van der Waals surface area contributed by atoms with Gasteiger partial charge in [0.2, 0.25) is 0 Å². The fourth-order valence-corrected chi connectivity index (χ4v) is 1.87. The van der Waals surface area contributed by atoms with Crippen LogP contribution >= 0.6 is 0 Å². The fourth-order valence-electron chi connectivity index (χ4n) is 1.87. The van der Waals surface area contributed by atoms with Crippen molar-refractivity contribution in [2.45, 2.75) is 6.61 Å². The number of fused-ring (bicyclic) bond motifs is 1. The van der Waals surface area contributed by atoms with Gasteiger partial charge in [0, 0.05) is 6.07 Å². The van der Waals surface area contributed by atoms with Crippen molar-refractivity contribution in [1.82, 2.24) is 4.98 Å². The second-order valence-electron chi connectivity index (χ2n) is 4.37. The molecule has 0 amide bonds. The largest absolute Gasteiger partial charge is 0.711 e. The molecule has 0 atom stereocenters. The first-order valence-electron chi connectivity index (χ1n) is 6.06. The van der Waals surface area contributed by atoms with Gasteiger partial charge in [-0.05, 0) is 34.8 Å². The molecule has 1 aromatic heterocycles. The molecule has 0 saturated carbocycles. The van der Waals surface area contributed by atoms with Crippen molar-refractivity contribution < 1.29 is 13.9 Å². The summed E-state index contributed by atoms with van der Waals surface area (Å²) >= 11 is 0. The molecule has 0 spiro atoms. The van der Waals surface area contributed by atoms with Gasteiger partial charge in [-0.15, -0.1) is 0 Å². The lowest BCUT2D eigenvalue weighted by atomic mass is 10.2. The Morgan fingerprint density at radius 2 is 1.95 bits per heavy atom. The molecule has 100 valence electrons. The van der Waals surface area contributed by atoms with Gasteiger partial charge in [-0.25, -0.2) is 9.12 Å². The second-order valence-corrected chi connectivity index (χ2v) is 4.37. The third-order valence-electron chi connectivity index (χ3n) is 2.90. The molecule has 1 heterocycles. The summed E-state index contributed by atoms with van der Waals surface area (Å²) in [6, 6.07) is 11.5. The van der Waals surface area contributed by atoms with Crippen LogP contribution in [0.15, 0.2) is 55.0 Å².